The molecule has 23 N–H and O–H groups in total. The average molecular weight is 1090 g/mol. The van der Waals surface area contributed by atoms with Crippen LogP contribution in [0, 0.1) is 5.92 Å². The number of hydrogen-bond acceptors (Lipinski definition) is 19. The van der Waals surface area contributed by atoms with Gasteiger partial charge >= 0.3 is 11.9 Å². The van der Waals surface area contributed by atoms with Gasteiger partial charge in [-0.15, -0.1) is 0 Å². The summed E-state index contributed by atoms with van der Waals surface area (Å²) in [6.45, 7) is 4.91. The van der Waals surface area contributed by atoms with E-state index in [2.05, 4.69) is 42.5 Å². The van der Waals surface area contributed by atoms with Crippen molar-refractivity contribution < 1.29 is 72.9 Å². The number of carbonyl (C=O) groups is 12. The van der Waals surface area contributed by atoms with Crippen LogP contribution in [0.15, 0.2) is 0 Å². The predicted molar refractivity (Wildman–Crippen MR) is 270 cm³/mol. The first-order chi connectivity index (χ1) is 35.1. The molecule has 1 aliphatic rings. The number of hydrogen-bond donors (Lipinski definition) is 17. The minimum Gasteiger partial charge on any atom is -0.481 e. The Balaban J connectivity index is 3.49. The van der Waals surface area contributed by atoms with Crippen LogP contribution in [0.5, 0.6) is 0 Å². The maximum atomic E-state index is 14.1. The molecule has 0 saturated carbocycles. The number of unbranched alkanes of at least 4 members (excludes halogenated alkanes) is 1. The number of aliphatic carboxylic acids is 2. The first-order valence-corrected chi connectivity index (χ1v) is 25.9. The van der Waals surface area contributed by atoms with Crippen molar-refractivity contribution in [2.24, 2.45) is 40.3 Å². The molecule has 10 atom stereocenters. The third-order valence-electron chi connectivity index (χ3n) is 11.7. The molecule has 0 radical (unpaired) electrons. The van der Waals surface area contributed by atoms with Gasteiger partial charge in [-0.3, -0.25) is 58.1 Å². The van der Waals surface area contributed by atoms with Gasteiger partial charge in [0.1, 0.15) is 60.7 Å². The summed E-state index contributed by atoms with van der Waals surface area (Å²) in [6, 6.07) is -13.5. The largest absolute Gasteiger partial charge is 0.481 e. The van der Waals surface area contributed by atoms with Crippen molar-refractivity contribution in [2.75, 3.05) is 31.6 Å². The average Bonchev–Trinajstić information content (AvgIpc) is 3.82. The number of carbonyl (C=O) groups excluding carboxylic acids is 10. The number of nitrogens with two attached hydrogens (primary N) is 6. The summed E-state index contributed by atoms with van der Waals surface area (Å²) in [5.74, 6) is -13.2. The number of likely N-dealkylation sites (tertiary alicyclic amines) is 1. The highest BCUT2D eigenvalue weighted by molar-refractivity contribution is 7.98. The molecule has 0 aromatic rings. The Morgan fingerprint density at radius 1 is 0.627 bits per heavy atom. The number of thioether (sulfide) groups is 1. The fourth-order valence-corrected chi connectivity index (χ4v) is 8.04. The molecular weight excluding hydrogens is 1010 g/mol. The second-order valence-corrected chi connectivity index (χ2v) is 19.3. The second kappa shape index (κ2) is 34.3. The normalized spacial score (nSPS) is 16.9. The number of aliphatic hydroxyl groups excluding tert-OH is 1. The Labute approximate surface area is 438 Å². The SMILES string of the molecule is CSCC[C@H](NC(=O)[C@@H]1CCCN1C(=O)[C@@H](N)[C@@H](C)O)C(=O)N[C@H](C(=O)N[C@@H](CC(N)=O)C(=O)N[C@@H](CCCNC(N)N)C(=O)N[C@@H](CCC(=O)O)C(=O)N[C@@H](CC(N)=O)C(=O)N[C@@H](CCCCN)C(=O)O)C(C)C. The Morgan fingerprint density at radius 2 is 1.11 bits per heavy atom. The summed E-state index contributed by atoms with van der Waals surface area (Å²) in [5, 5.41) is 48.5. The van der Waals surface area contributed by atoms with Crippen LogP contribution in [0.2, 0.25) is 0 Å². The van der Waals surface area contributed by atoms with E-state index in [9.17, 15) is 72.9 Å². The molecular formula is C44H79N15O15S. The minimum atomic E-state index is -1.81. The fourth-order valence-electron chi connectivity index (χ4n) is 7.56. The zero-order chi connectivity index (χ0) is 57.1. The maximum absolute atomic E-state index is 14.1. The second-order valence-electron chi connectivity index (χ2n) is 18.4. The molecule has 10 amide bonds. The molecule has 1 heterocycles. The first kappa shape index (κ1) is 66.8. The summed E-state index contributed by atoms with van der Waals surface area (Å²) in [4.78, 5) is 159. The van der Waals surface area contributed by atoms with Gasteiger partial charge in [0, 0.05) is 13.0 Å². The molecule has 0 aromatic carbocycles. The topological polar surface area (TPSA) is 521 Å². The Kier molecular flexibility index (Phi) is 30.6. The smallest absolute Gasteiger partial charge is 0.326 e. The quantitative estimate of drug-likeness (QED) is 0.0203. The summed E-state index contributed by atoms with van der Waals surface area (Å²) in [7, 11) is 0. The molecule has 1 fully saturated rings. The lowest BCUT2D eigenvalue weighted by Crippen LogP contribution is -2.61. The lowest BCUT2D eigenvalue weighted by atomic mass is 10.0. The number of amides is 10. The number of carboxylic acids is 2. The monoisotopic (exact) mass is 1090 g/mol. The molecule has 31 heteroatoms. The van der Waals surface area contributed by atoms with E-state index in [0.29, 0.717) is 25.0 Å². The molecule has 0 bridgehead atoms. The van der Waals surface area contributed by atoms with Crippen molar-refractivity contribution in [1.29, 1.82) is 0 Å². The van der Waals surface area contributed by atoms with Crippen LogP contribution >= 0.6 is 11.8 Å². The van der Waals surface area contributed by atoms with Gasteiger partial charge in [-0.1, -0.05) is 13.8 Å². The van der Waals surface area contributed by atoms with Crippen LogP contribution in [0.4, 0.5) is 0 Å². The zero-order valence-corrected chi connectivity index (χ0v) is 43.6. The number of aliphatic hydroxyl groups is 1. The Morgan fingerprint density at radius 3 is 1.59 bits per heavy atom. The lowest BCUT2D eigenvalue weighted by Gasteiger charge is -2.30. The highest BCUT2D eigenvalue weighted by Crippen LogP contribution is 2.20. The van der Waals surface area contributed by atoms with Gasteiger partial charge in [0.2, 0.25) is 59.1 Å². The molecule has 0 unspecified atom stereocenters. The van der Waals surface area contributed by atoms with E-state index in [1.165, 1.54) is 23.6 Å². The van der Waals surface area contributed by atoms with Crippen LogP contribution in [-0.4, -0.2) is 190 Å². The van der Waals surface area contributed by atoms with Crippen LogP contribution in [0.3, 0.4) is 0 Å². The number of nitrogens with one attached hydrogen (secondary N) is 8. The first-order valence-electron chi connectivity index (χ1n) is 24.5. The molecule has 1 saturated heterocycles. The summed E-state index contributed by atoms with van der Waals surface area (Å²) in [6.07, 6.45) is -2.32. The van der Waals surface area contributed by atoms with E-state index in [1.54, 1.807) is 20.1 Å². The van der Waals surface area contributed by atoms with Crippen LogP contribution < -0.4 is 76.9 Å². The zero-order valence-electron chi connectivity index (χ0n) is 42.8. The van der Waals surface area contributed by atoms with Crippen LogP contribution in [-0.2, 0) is 57.5 Å². The maximum Gasteiger partial charge on any atom is 0.326 e. The molecule has 426 valence electrons. The molecule has 0 aromatic heterocycles. The van der Waals surface area contributed by atoms with Crippen molar-refractivity contribution in [3.63, 3.8) is 0 Å². The minimum absolute atomic E-state index is 0.0408. The molecule has 0 spiro atoms. The number of nitrogens with zero attached hydrogens (tertiary/aromatic N) is 1. The predicted octanol–water partition coefficient (Wildman–Crippen LogP) is -7.11. The van der Waals surface area contributed by atoms with Gasteiger partial charge < -0.3 is 91.8 Å². The highest BCUT2D eigenvalue weighted by Gasteiger charge is 2.40. The van der Waals surface area contributed by atoms with Crippen LogP contribution in [0.25, 0.3) is 0 Å². The van der Waals surface area contributed by atoms with E-state index in [0.717, 1.165) is 0 Å². The third kappa shape index (κ3) is 24.8. The summed E-state index contributed by atoms with van der Waals surface area (Å²) < 4.78 is 0. The van der Waals surface area contributed by atoms with E-state index >= 15 is 0 Å². The van der Waals surface area contributed by atoms with Gasteiger partial charge in [0.05, 0.1) is 18.9 Å². The van der Waals surface area contributed by atoms with E-state index < -0.39 is 169 Å². The molecule has 0 aliphatic carbocycles. The van der Waals surface area contributed by atoms with Gasteiger partial charge in [-0.05, 0) is 95.7 Å². The van der Waals surface area contributed by atoms with Gasteiger partial charge in [-0.25, -0.2) is 4.79 Å². The van der Waals surface area contributed by atoms with E-state index in [4.69, 9.17) is 34.4 Å². The van der Waals surface area contributed by atoms with Crippen molar-refractivity contribution in [1.82, 2.24) is 47.4 Å². The standard InChI is InChI=1S/C44H79N15O15S/c1-21(2)34(58-37(67)25(14-18-75-4)54-40(70)29-11-8-17-59(29)42(72)33(48)22(3)60)41(71)57-28(20-31(47)62)38(68)52-23(10-7-16-51-44(49)50)35(65)53-24(12-13-32(63)64)36(66)56-27(19-30(46)61)39(69)55-26(43(73)74)9-5-6-15-45/h21-29,33-34,44,51,60H,5-20,45,48-50H2,1-4H3,(H2,46,61)(H2,47,62)(H,52,68)(H,53,65)(H,54,70)(H,55,69)(H,56,66)(H,57,71)(H,58,67)(H,63,64)(H,73,74)/t22-,23+,24+,25+,26+,27+,28+,29+,33+,34+/m1/s1. The van der Waals surface area contributed by atoms with Gasteiger partial charge in [-0.2, -0.15) is 11.8 Å². The number of rotatable bonds is 37. The number of carboxylic acid groups (broad SMARTS) is 2. The molecule has 1 rings (SSSR count). The Hall–Kier alpha value is -6.25. The lowest BCUT2D eigenvalue weighted by molar-refractivity contribution is -0.142. The fraction of sp³-hybridized carbons (Fsp3) is 0.727. The van der Waals surface area contributed by atoms with Crippen molar-refractivity contribution in [3.8, 4) is 0 Å². The summed E-state index contributed by atoms with van der Waals surface area (Å²) >= 11 is 1.36. The molecule has 1 aliphatic heterocycles. The highest BCUT2D eigenvalue weighted by atomic mass is 32.2. The van der Waals surface area contributed by atoms with Crippen molar-refractivity contribution >= 4 is 82.8 Å². The van der Waals surface area contributed by atoms with Crippen molar-refractivity contribution in [3.05, 3.63) is 0 Å². The summed E-state index contributed by atoms with van der Waals surface area (Å²) in [5.41, 5.74) is 33.3. The number of primary amides is 2. The Bertz CT molecular complexity index is 1980. The van der Waals surface area contributed by atoms with E-state index in [-0.39, 0.29) is 51.7 Å². The molecule has 30 nitrogen and oxygen atoms in total. The van der Waals surface area contributed by atoms with Gasteiger partial charge in [0.15, 0.2) is 0 Å². The third-order valence-corrected chi connectivity index (χ3v) is 12.4. The molecule has 75 heavy (non-hydrogen) atoms. The van der Waals surface area contributed by atoms with Crippen molar-refractivity contribution in [2.45, 2.75) is 165 Å². The van der Waals surface area contributed by atoms with E-state index in [1.807, 2.05) is 0 Å². The van der Waals surface area contributed by atoms with Gasteiger partial charge in [0.25, 0.3) is 0 Å². The van der Waals surface area contributed by atoms with Crippen LogP contribution in [0.1, 0.15) is 97.8 Å².